The Kier molecular flexibility index (Phi) is 4.62. The summed E-state index contributed by atoms with van der Waals surface area (Å²) in [6, 6.07) is 14.9. The van der Waals surface area contributed by atoms with Crippen molar-refractivity contribution >= 4 is 22.6 Å². The highest BCUT2D eigenvalue weighted by molar-refractivity contribution is 6.30. The predicted molar refractivity (Wildman–Crippen MR) is 113 cm³/mol. The fourth-order valence-electron chi connectivity index (χ4n) is 3.72. The molecular formula is C23H18ClN3O2. The van der Waals surface area contributed by atoms with Crippen LogP contribution in [0.2, 0.25) is 5.02 Å². The molecule has 0 spiro atoms. The first kappa shape index (κ1) is 18.0. The molecule has 0 amide bonds. The Hall–Kier alpha value is -3.02. The Morgan fingerprint density at radius 2 is 1.93 bits per heavy atom. The summed E-state index contributed by atoms with van der Waals surface area (Å²) in [5.74, 6) is 0.712. The molecule has 0 unspecified atom stereocenters. The summed E-state index contributed by atoms with van der Waals surface area (Å²) < 4.78 is 5.65. The van der Waals surface area contributed by atoms with E-state index in [0.29, 0.717) is 40.5 Å². The zero-order valence-corrected chi connectivity index (χ0v) is 16.4. The van der Waals surface area contributed by atoms with Gasteiger partial charge in [0, 0.05) is 54.0 Å². The van der Waals surface area contributed by atoms with Crippen LogP contribution in [0.1, 0.15) is 16.8 Å². The molecule has 6 heteroatoms. The molecule has 144 valence electrons. The minimum absolute atomic E-state index is 0.0342. The summed E-state index contributed by atoms with van der Waals surface area (Å²) in [6.45, 7) is 2.09. The summed E-state index contributed by atoms with van der Waals surface area (Å²) in [7, 11) is 0. The van der Waals surface area contributed by atoms with E-state index in [0.717, 1.165) is 29.8 Å². The van der Waals surface area contributed by atoms with E-state index in [4.69, 9.17) is 21.0 Å². The van der Waals surface area contributed by atoms with Gasteiger partial charge < -0.3 is 4.42 Å². The lowest BCUT2D eigenvalue weighted by atomic mass is 10.1. The fraction of sp³-hybridized carbons (Fsp3) is 0.174. The molecule has 3 heterocycles. The molecule has 5 rings (SSSR count). The standard InChI is InChI=1S/C23H18ClN3O2/c24-18-7-5-15(6-8-18)23-25-11-16-12-27(10-9-20(16)26-23)13-17-14-29-21-4-2-1-3-19(21)22(17)28/h1-8,11,14H,9-10,12-13H2. The molecule has 29 heavy (non-hydrogen) atoms. The Labute approximate surface area is 172 Å². The quantitative estimate of drug-likeness (QED) is 0.505. The van der Waals surface area contributed by atoms with Crippen molar-refractivity contribution in [1.82, 2.24) is 14.9 Å². The number of aromatic nitrogens is 2. The van der Waals surface area contributed by atoms with Gasteiger partial charge in [0.25, 0.3) is 0 Å². The summed E-state index contributed by atoms with van der Waals surface area (Å²) in [6.07, 6.45) is 4.29. The largest absolute Gasteiger partial charge is 0.464 e. The molecule has 1 aliphatic heterocycles. The van der Waals surface area contributed by atoms with Gasteiger partial charge in [-0.2, -0.15) is 0 Å². The molecule has 2 aromatic carbocycles. The number of rotatable bonds is 3. The topological polar surface area (TPSA) is 59.2 Å². The van der Waals surface area contributed by atoms with Crippen molar-refractivity contribution in [2.24, 2.45) is 0 Å². The highest BCUT2D eigenvalue weighted by Gasteiger charge is 2.20. The van der Waals surface area contributed by atoms with Gasteiger partial charge in [-0.25, -0.2) is 9.97 Å². The third-order valence-electron chi connectivity index (χ3n) is 5.26. The molecule has 0 aliphatic carbocycles. The van der Waals surface area contributed by atoms with Crippen LogP contribution < -0.4 is 5.43 Å². The van der Waals surface area contributed by atoms with Crippen molar-refractivity contribution in [2.45, 2.75) is 19.5 Å². The third kappa shape index (κ3) is 3.55. The van der Waals surface area contributed by atoms with Crippen LogP contribution in [0.4, 0.5) is 0 Å². The van der Waals surface area contributed by atoms with E-state index in [1.165, 1.54) is 0 Å². The van der Waals surface area contributed by atoms with Crippen LogP contribution in [0.25, 0.3) is 22.4 Å². The van der Waals surface area contributed by atoms with Crippen molar-refractivity contribution in [3.8, 4) is 11.4 Å². The number of para-hydroxylation sites is 1. The summed E-state index contributed by atoms with van der Waals surface area (Å²) in [4.78, 5) is 24.3. The molecule has 0 N–H and O–H groups in total. The SMILES string of the molecule is O=c1c(CN2CCc3nc(-c4ccc(Cl)cc4)ncc3C2)coc2ccccc12. The Morgan fingerprint density at radius 1 is 1.10 bits per heavy atom. The zero-order chi connectivity index (χ0) is 19.8. The van der Waals surface area contributed by atoms with Gasteiger partial charge in [-0.15, -0.1) is 0 Å². The van der Waals surface area contributed by atoms with E-state index < -0.39 is 0 Å². The van der Waals surface area contributed by atoms with Crippen molar-refractivity contribution in [3.63, 3.8) is 0 Å². The van der Waals surface area contributed by atoms with Gasteiger partial charge in [0.15, 0.2) is 11.3 Å². The molecule has 1 aliphatic rings. The normalized spacial score (nSPS) is 14.1. The number of hydrogen-bond acceptors (Lipinski definition) is 5. The van der Waals surface area contributed by atoms with Crippen molar-refractivity contribution in [2.75, 3.05) is 6.54 Å². The van der Waals surface area contributed by atoms with Crippen molar-refractivity contribution in [1.29, 1.82) is 0 Å². The minimum Gasteiger partial charge on any atom is -0.464 e. The van der Waals surface area contributed by atoms with Crippen LogP contribution in [0, 0.1) is 0 Å². The molecule has 0 radical (unpaired) electrons. The van der Waals surface area contributed by atoms with Crippen LogP contribution in [0.5, 0.6) is 0 Å². The summed E-state index contributed by atoms with van der Waals surface area (Å²) >= 11 is 5.97. The van der Waals surface area contributed by atoms with E-state index in [9.17, 15) is 4.79 Å². The van der Waals surface area contributed by atoms with Gasteiger partial charge in [-0.05, 0) is 36.4 Å². The first-order chi connectivity index (χ1) is 14.2. The van der Waals surface area contributed by atoms with Crippen LogP contribution in [-0.2, 0) is 19.5 Å². The second kappa shape index (κ2) is 7.43. The molecule has 2 aromatic heterocycles. The van der Waals surface area contributed by atoms with Crippen LogP contribution >= 0.6 is 11.6 Å². The average molecular weight is 404 g/mol. The van der Waals surface area contributed by atoms with Gasteiger partial charge in [-0.1, -0.05) is 23.7 Å². The van der Waals surface area contributed by atoms with Gasteiger partial charge in [-0.3, -0.25) is 9.69 Å². The number of nitrogens with zero attached hydrogens (tertiary/aromatic N) is 3. The number of halogens is 1. The highest BCUT2D eigenvalue weighted by atomic mass is 35.5. The van der Waals surface area contributed by atoms with Crippen LogP contribution in [0.15, 0.2) is 70.2 Å². The maximum Gasteiger partial charge on any atom is 0.197 e. The maximum atomic E-state index is 12.8. The van der Waals surface area contributed by atoms with Gasteiger partial charge in [0.05, 0.1) is 17.3 Å². The molecule has 0 fully saturated rings. The first-order valence-corrected chi connectivity index (χ1v) is 9.88. The molecule has 4 aromatic rings. The lowest BCUT2D eigenvalue weighted by molar-refractivity contribution is 0.240. The van der Waals surface area contributed by atoms with E-state index in [1.807, 2.05) is 54.7 Å². The number of benzene rings is 2. The fourth-order valence-corrected chi connectivity index (χ4v) is 3.84. The number of hydrogen-bond donors (Lipinski definition) is 0. The minimum atomic E-state index is 0.0342. The Bertz CT molecular complexity index is 1250. The monoisotopic (exact) mass is 403 g/mol. The first-order valence-electron chi connectivity index (χ1n) is 9.50. The summed E-state index contributed by atoms with van der Waals surface area (Å²) in [5.41, 5.74) is 4.44. The average Bonchev–Trinajstić information content (AvgIpc) is 2.76. The molecule has 0 bridgehead atoms. The van der Waals surface area contributed by atoms with E-state index in [2.05, 4.69) is 9.88 Å². The molecule has 0 saturated heterocycles. The van der Waals surface area contributed by atoms with Crippen LogP contribution in [0.3, 0.4) is 0 Å². The second-order valence-electron chi connectivity index (χ2n) is 7.22. The van der Waals surface area contributed by atoms with Crippen molar-refractivity contribution in [3.05, 3.63) is 93.1 Å². The lowest BCUT2D eigenvalue weighted by Gasteiger charge is -2.27. The molecule has 5 nitrogen and oxygen atoms in total. The zero-order valence-electron chi connectivity index (χ0n) is 15.6. The smallest absolute Gasteiger partial charge is 0.197 e. The van der Waals surface area contributed by atoms with E-state index >= 15 is 0 Å². The number of fused-ring (bicyclic) bond motifs is 2. The maximum absolute atomic E-state index is 12.8. The molecule has 0 saturated carbocycles. The van der Waals surface area contributed by atoms with Gasteiger partial charge in [0.1, 0.15) is 5.58 Å². The van der Waals surface area contributed by atoms with Gasteiger partial charge >= 0.3 is 0 Å². The van der Waals surface area contributed by atoms with Crippen LogP contribution in [-0.4, -0.2) is 21.4 Å². The third-order valence-corrected chi connectivity index (χ3v) is 5.51. The van der Waals surface area contributed by atoms with E-state index in [-0.39, 0.29) is 5.43 Å². The van der Waals surface area contributed by atoms with Crippen molar-refractivity contribution < 1.29 is 4.42 Å². The summed E-state index contributed by atoms with van der Waals surface area (Å²) in [5, 5.41) is 1.32. The Balaban J connectivity index is 1.37. The molecule has 0 atom stereocenters. The van der Waals surface area contributed by atoms with E-state index in [1.54, 1.807) is 6.26 Å². The highest BCUT2D eigenvalue weighted by Crippen LogP contribution is 2.23. The second-order valence-corrected chi connectivity index (χ2v) is 7.66. The van der Waals surface area contributed by atoms with Gasteiger partial charge in [0.2, 0.25) is 0 Å². The molecular weight excluding hydrogens is 386 g/mol. The predicted octanol–water partition coefficient (Wildman–Crippen LogP) is 4.46. The lowest BCUT2D eigenvalue weighted by Crippen LogP contribution is -2.32. The Morgan fingerprint density at radius 3 is 2.79 bits per heavy atom.